The van der Waals surface area contributed by atoms with Gasteiger partial charge in [0.05, 0.1) is 6.54 Å². The number of likely N-dealkylation sites (tertiary alicyclic amines) is 1. The van der Waals surface area contributed by atoms with E-state index in [4.69, 9.17) is 0 Å². The Bertz CT molecular complexity index is 243. The number of rotatable bonds is 3. The molecule has 0 aromatic carbocycles. The first-order chi connectivity index (χ1) is 7.96. The van der Waals surface area contributed by atoms with Gasteiger partial charge in [-0.05, 0) is 19.9 Å². The van der Waals surface area contributed by atoms with Crippen LogP contribution in [0.5, 0.6) is 0 Å². The second kappa shape index (κ2) is 5.14. The van der Waals surface area contributed by atoms with Gasteiger partial charge < -0.3 is 4.90 Å². The summed E-state index contributed by atoms with van der Waals surface area (Å²) in [6.07, 6.45) is 1.17. The molecule has 0 aromatic heterocycles. The molecule has 2 nitrogen and oxygen atoms in total. The minimum atomic E-state index is -4.06. The topological polar surface area (TPSA) is 6.48 Å². The second-order valence-corrected chi connectivity index (χ2v) is 5.45. The maximum atomic E-state index is 12.6. The highest BCUT2D eigenvalue weighted by atomic mass is 19.4. The summed E-state index contributed by atoms with van der Waals surface area (Å²) in [4.78, 5) is 3.80. The largest absolute Gasteiger partial charge is 0.401 e. The highest BCUT2D eigenvalue weighted by Gasteiger charge is 2.40. The van der Waals surface area contributed by atoms with Gasteiger partial charge in [0.1, 0.15) is 0 Å². The maximum Gasteiger partial charge on any atom is 0.401 e. The van der Waals surface area contributed by atoms with Crippen LogP contribution in [-0.4, -0.2) is 54.7 Å². The molecule has 0 spiro atoms. The molecular formula is C12H21F3N2. The highest BCUT2D eigenvalue weighted by molar-refractivity contribution is 4.91. The number of halogens is 3. The van der Waals surface area contributed by atoms with Gasteiger partial charge in [0, 0.05) is 25.2 Å². The quantitative estimate of drug-likeness (QED) is 0.759. The normalized spacial score (nSPS) is 25.2. The van der Waals surface area contributed by atoms with E-state index < -0.39 is 12.7 Å². The Labute approximate surface area is 101 Å². The number of nitrogens with zero attached hydrogens (tertiary/aromatic N) is 2. The second-order valence-electron chi connectivity index (χ2n) is 5.45. The fourth-order valence-electron chi connectivity index (χ4n) is 3.05. The Morgan fingerprint density at radius 3 is 2.12 bits per heavy atom. The van der Waals surface area contributed by atoms with Gasteiger partial charge in [0.15, 0.2) is 0 Å². The first-order valence-electron chi connectivity index (χ1n) is 6.47. The minimum Gasteiger partial charge on any atom is -0.303 e. The standard InChI is InChI=1S/C12H21F3N2/c1-16-7-11(8-16)17(9-12(13,14)15)10-5-3-2-4-6-10/h10-11H,2-9H2,1H3. The molecular weight excluding hydrogens is 229 g/mol. The first kappa shape index (κ1) is 13.1. The molecule has 1 saturated heterocycles. The van der Waals surface area contributed by atoms with Gasteiger partial charge in [-0.3, -0.25) is 4.90 Å². The zero-order valence-electron chi connectivity index (χ0n) is 10.3. The third kappa shape index (κ3) is 3.58. The van der Waals surface area contributed by atoms with Crippen LogP contribution in [0.25, 0.3) is 0 Å². The Morgan fingerprint density at radius 2 is 1.65 bits per heavy atom. The Balaban J connectivity index is 1.96. The number of alkyl halides is 3. The van der Waals surface area contributed by atoms with E-state index in [0.717, 1.165) is 38.8 Å². The zero-order chi connectivity index (χ0) is 12.5. The van der Waals surface area contributed by atoms with E-state index in [2.05, 4.69) is 4.90 Å². The van der Waals surface area contributed by atoms with Crippen LogP contribution in [0.15, 0.2) is 0 Å². The Kier molecular flexibility index (Phi) is 3.98. The van der Waals surface area contributed by atoms with Crippen LogP contribution in [0.3, 0.4) is 0 Å². The van der Waals surface area contributed by atoms with Crippen molar-refractivity contribution in [3.63, 3.8) is 0 Å². The molecule has 0 amide bonds. The number of likely N-dealkylation sites (N-methyl/N-ethyl adjacent to an activating group) is 1. The molecule has 2 rings (SSSR count). The van der Waals surface area contributed by atoms with E-state index >= 15 is 0 Å². The predicted octanol–water partition coefficient (Wildman–Crippen LogP) is 2.50. The van der Waals surface area contributed by atoms with Crippen LogP contribution in [-0.2, 0) is 0 Å². The molecule has 2 aliphatic rings. The maximum absolute atomic E-state index is 12.6. The van der Waals surface area contributed by atoms with Gasteiger partial charge in [-0.15, -0.1) is 0 Å². The summed E-state index contributed by atoms with van der Waals surface area (Å²) in [5.74, 6) is 0. The van der Waals surface area contributed by atoms with Crippen LogP contribution in [0.4, 0.5) is 13.2 Å². The molecule has 0 bridgehead atoms. The third-order valence-electron chi connectivity index (χ3n) is 3.92. The van der Waals surface area contributed by atoms with Gasteiger partial charge in [-0.1, -0.05) is 19.3 Å². The van der Waals surface area contributed by atoms with Crippen LogP contribution in [0, 0.1) is 0 Å². The fourth-order valence-corrected chi connectivity index (χ4v) is 3.05. The van der Waals surface area contributed by atoms with Crippen LogP contribution in [0.1, 0.15) is 32.1 Å². The van der Waals surface area contributed by atoms with Crippen molar-refractivity contribution in [1.82, 2.24) is 9.80 Å². The molecule has 1 aliphatic carbocycles. The van der Waals surface area contributed by atoms with Crippen molar-refractivity contribution in [2.45, 2.75) is 50.4 Å². The summed E-state index contributed by atoms with van der Waals surface area (Å²) in [5, 5.41) is 0. The molecule has 0 unspecified atom stereocenters. The van der Waals surface area contributed by atoms with Crippen molar-refractivity contribution in [1.29, 1.82) is 0 Å². The van der Waals surface area contributed by atoms with Gasteiger partial charge in [-0.25, -0.2) is 0 Å². The lowest BCUT2D eigenvalue weighted by molar-refractivity contribution is -0.165. The predicted molar refractivity (Wildman–Crippen MR) is 60.9 cm³/mol. The average Bonchev–Trinajstić information content (AvgIpc) is 2.22. The van der Waals surface area contributed by atoms with Crippen LogP contribution < -0.4 is 0 Å². The Morgan fingerprint density at radius 1 is 1.06 bits per heavy atom. The van der Waals surface area contributed by atoms with Gasteiger partial charge in [0.2, 0.25) is 0 Å². The van der Waals surface area contributed by atoms with E-state index in [1.54, 1.807) is 4.90 Å². The highest BCUT2D eigenvalue weighted by Crippen LogP contribution is 2.30. The molecule has 1 saturated carbocycles. The van der Waals surface area contributed by atoms with Crippen LogP contribution in [0.2, 0.25) is 0 Å². The Hall–Kier alpha value is -0.290. The van der Waals surface area contributed by atoms with Gasteiger partial charge in [0.25, 0.3) is 0 Å². The minimum absolute atomic E-state index is 0.115. The molecule has 0 aromatic rings. The summed E-state index contributed by atoms with van der Waals surface area (Å²) in [6, 6.07) is 0.272. The molecule has 100 valence electrons. The number of hydrogen-bond donors (Lipinski definition) is 0. The molecule has 0 radical (unpaired) electrons. The molecule has 5 heteroatoms. The van der Waals surface area contributed by atoms with E-state index in [1.165, 1.54) is 6.42 Å². The van der Waals surface area contributed by atoms with Crippen molar-refractivity contribution < 1.29 is 13.2 Å². The molecule has 17 heavy (non-hydrogen) atoms. The first-order valence-corrected chi connectivity index (χ1v) is 6.47. The average molecular weight is 250 g/mol. The third-order valence-corrected chi connectivity index (χ3v) is 3.92. The smallest absolute Gasteiger partial charge is 0.303 e. The van der Waals surface area contributed by atoms with E-state index in [9.17, 15) is 13.2 Å². The molecule has 0 atom stereocenters. The van der Waals surface area contributed by atoms with Gasteiger partial charge in [-0.2, -0.15) is 13.2 Å². The zero-order valence-corrected chi connectivity index (χ0v) is 10.3. The molecule has 0 N–H and O–H groups in total. The van der Waals surface area contributed by atoms with Crippen molar-refractivity contribution in [2.75, 3.05) is 26.7 Å². The van der Waals surface area contributed by atoms with Crippen molar-refractivity contribution in [3.05, 3.63) is 0 Å². The van der Waals surface area contributed by atoms with E-state index in [-0.39, 0.29) is 12.1 Å². The van der Waals surface area contributed by atoms with E-state index in [1.807, 2.05) is 7.05 Å². The van der Waals surface area contributed by atoms with Crippen molar-refractivity contribution in [3.8, 4) is 0 Å². The van der Waals surface area contributed by atoms with Gasteiger partial charge >= 0.3 is 6.18 Å². The monoisotopic (exact) mass is 250 g/mol. The molecule has 2 fully saturated rings. The molecule has 1 aliphatic heterocycles. The lowest BCUT2D eigenvalue weighted by atomic mass is 9.92. The molecule has 1 heterocycles. The summed E-state index contributed by atoms with van der Waals surface area (Å²) in [6.45, 7) is 0.843. The fraction of sp³-hybridized carbons (Fsp3) is 1.00. The van der Waals surface area contributed by atoms with Crippen LogP contribution >= 0.6 is 0 Å². The number of hydrogen-bond acceptors (Lipinski definition) is 2. The summed E-state index contributed by atoms with van der Waals surface area (Å²) >= 11 is 0. The summed E-state index contributed by atoms with van der Waals surface area (Å²) in [7, 11) is 1.96. The van der Waals surface area contributed by atoms with Crippen molar-refractivity contribution in [2.24, 2.45) is 0 Å². The summed E-state index contributed by atoms with van der Waals surface area (Å²) < 4.78 is 37.9. The van der Waals surface area contributed by atoms with E-state index in [0.29, 0.717) is 0 Å². The lowest BCUT2D eigenvalue weighted by Gasteiger charge is -2.48. The summed E-state index contributed by atoms with van der Waals surface area (Å²) in [5.41, 5.74) is 0. The van der Waals surface area contributed by atoms with Crippen molar-refractivity contribution >= 4 is 0 Å². The lowest BCUT2D eigenvalue weighted by Crippen LogP contribution is -2.62. The SMILES string of the molecule is CN1CC(N(CC(F)(F)F)C2CCCCC2)C1.